The Bertz CT molecular complexity index is 637. The molecule has 1 fully saturated rings. The third-order valence-electron chi connectivity index (χ3n) is 3.40. The Hall–Kier alpha value is -1.92. The summed E-state index contributed by atoms with van der Waals surface area (Å²) in [5.74, 6) is 0.199. The fourth-order valence-corrected chi connectivity index (χ4v) is 2.25. The van der Waals surface area contributed by atoms with E-state index in [1.165, 1.54) is 0 Å². The highest BCUT2D eigenvalue weighted by atomic mass is 35.5. The van der Waals surface area contributed by atoms with E-state index in [4.69, 9.17) is 21.2 Å². The van der Waals surface area contributed by atoms with Gasteiger partial charge in [0.1, 0.15) is 6.04 Å². The zero-order valence-electron chi connectivity index (χ0n) is 11.1. The molecule has 0 bridgehead atoms. The topological polar surface area (TPSA) is 88.2 Å². The van der Waals surface area contributed by atoms with E-state index in [2.05, 4.69) is 15.5 Å². The highest BCUT2D eigenvalue weighted by molar-refractivity contribution is 6.30. The third-order valence-corrected chi connectivity index (χ3v) is 3.66. The number of carboxylic acids is 1. The second kappa shape index (κ2) is 5.83. The number of nitrogens with one attached hydrogen (secondary N) is 1. The average molecular weight is 308 g/mol. The van der Waals surface area contributed by atoms with Gasteiger partial charge in [-0.15, -0.1) is 0 Å². The minimum absolute atomic E-state index is 0.209. The van der Waals surface area contributed by atoms with Crippen LogP contribution in [0.5, 0.6) is 0 Å². The lowest BCUT2D eigenvalue weighted by Crippen LogP contribution is -2.38. The molecule has 2 aromatic rings. The first-order chi connectivity index (χ1) is 10.1. The molecule has 0 amide bonds. The Morgan fingerprint density at radius 1 is 1.43 bits per heavy atom. The Morgan fingerprint density at radius 2 is 2.14 bits per heavy atom. The molecule has 1 aliphatic carbocycles. The molecule has 1 aliphatic rings. The van der Waals surface area contributed by atoms with Crippen LogP contribution in [0.1, 0.15) is 18.7 Å². The molecule has 0 saturated heterocycles. The predicted molar refractivity (Wildman–Crippen MR) is 75.7 cm³/mol. The molecule has 3 rings (SSSR count). The molecule has 1 aromatic heterocycles. The van der Waals surface area contributed by atoms with E-state index in [9.17, 15) is 4.79 Å². The lowest BCUT2D eigenvalue weighted by atomic mass is 10.2. The fourth-order valence-electron chi connectivity index (χ4n) is 2.13. The number of rotatable bonds is 6. The molecule has 1 unspecified atom stereocenters. The molecule has 1 atom stereocenters. The van der Waals surface area contributed by atoms with Crippen LogP contribution in [0.25, 0.3) is 11.4 Å². The van der Waals surface area contributed by atoms with Gasteiger partial charge >= 0.3 is 5.97 Å². The second-order valence-corrected chi connectivity index (χ2v) is 5.49. The predicted octanol–water partition coefficient (Wildman–Crippen LogP) is 2.34. The summed E-state index contributed by atoms with van der Waals surface area (Å²) >= 11 is 5.82. The normalized spacial score (nSPS) is 15.9. The smallest absolute Gasteiger partial charge is 0.320 e. The molecular formula is C14H14ClN3O3. The average Bonchev–Trinajstić information content (AvgIpc) is 3.18. The van der Waals surface area contributed by atoms with Gasteiger partial charge in [0.2, 0.25) is 11.7 Å². The van der Waals surface area contributed by atoms with Crippen molar-refractivity contribution in [3.8, 4) is 11.4 Å². The summed E-state index contributed by atoms with van der Waals surface area (Å²) in [4.78, 5) is 15.4. The second-order valence-electron chi connectivity index (χ2n) is 5.05. The first-order valence-corrected chi connectivity index (χ1v) is 7.06. The van der Waals surface area contributed by atoms with E-state index in [0.29, 0.717) is 16.7 Å². The first kappa shape index (κ1) is 14.0. The van der Waals surface area contributed by atoms with E-state index in [-0.39, 0.29) is 12.5 Å². The molecule has 1 saturated carbocycles. The summed E-state index contributed by atoms with van der Waals surface area (Å²) in [6.07, 6.45) is 1.90. The molecule has 1 aromatic carbocycles. The van der Waals surface area contributed by atoms with Crippen LogP contribution in [-0.2, 0) is 11.3 Å². The van der Waals surface area contributed by atoms with Gasteiger partial charge in [-0.25, -0.2) is 0 Å². The van der Waals surface area contributed by atoms with Crippen molar-refractivity contribution >= 4 is 17.6 Å². The maximum absolute atomic E-state index is 11.1. The van der Waals surface area contributed by atoms with Crippen molar-refractivity contribution in [1.82, 2.24) is 15.5 Å². The number of hydrogen-bond donors (Lipinski definition) is 2. The van der Waals surface area contributed by atoms with Gasteiger partial charge in [-0.1, -0.05) is 16.8 Å². The number of aliphatic carboxylic acids is 1. The monoisotopic (exact) mass is 307 g/mol. The lowest BCUT2D eigenvalue weighted by Gasteiger charge is -2.10. The van der Waals surface area contributed by atoms with Crippen LogP contribution in [0.15, 0.2) is 28.8 Å². The molecule has 2 N–H and O–H groups in total. The van der Waals surface area contributed by atoms with E-state index in [1.54, 1.807) is 24.3 Å². The van der Waals surface area contributed by atoms with Crippen LogP contribution >= 0.6 is 11.6 Å². The molecule has 0 spiro atoms. The number of nitrogens with zero attached hydrogens (tertiary/aromatic N) is 2. The van der Waals surface area contributed by atoms with Crippen LogP contribution < -0.4 is 5.32 Å². The Kier molecular flexibility index (Phi) is 3.90. The van der Waals surface area contributed by atoms with Crippen LogP contribution in [-0.4, -0.2) is 27.3 Å². The summed E-state index contributed by atoms with van der Waals surface area (Å²) in [6, 6.07) is 6.55. The quantitative estimate of drug-likeness (QED) is 0.851. The van der Waals surface area contributed by atoms with E-state index >= 15 is 0 Å². The standard InChI is InChI=1S/C14H14ClN3O3/c15-10-5-3-9(4-6-10)13-17-11(21-18-13)7-16-12(14(19)20)8-1-2-8/h3-6,8,12,16H,1-2,7H2,(H,19,20). The number of carboxylic acid groups (broad SMARTS) is 1. The SMILES string of the molecule is O=C(O)C(NCc1nc(-c2ccc(Cl)cc2)no1)C1CC1. The van der Waals surface area contributed by atoms with Gasteiger partial charge in [-0.2, -0.15) is 4.98 Å². The van der Waals surface area contributed by atoms with Gasteiger partial charge in [-0.3, -0.25) is 10.1 Å². The zero-order chi connectivity index (χ0) is 14.8. The van der Waals surface area contributed by atoms with Gasteiger partial charge < -0.3 is 9.63 Å². The van der Waals surface area contributed by atoms with Crippen molar-refractivity contribution in [3.05, 3.63) is 35.2 Å². The van der Waals surface area contributed by atoms with Crippen LogP contribution in [0.3, 0.4) is 0 Å². The van der Waals surface area contributed by atoms with E-state index < -0.39 is 12.0 Å². The lowest BCUT2D eigenvalue weighted by molar-refractivity contribution is -0.140. The van der Waals surface area contributed by atoms with Crippen LogP contribution in [0.2, 0.25) is 5.02 Å². The van der Waals surface area contributed by atoms with Crippen molar-refractivity contribution in [2.45, 2.75) is 25.4 Å². The summed E-state index contributed by atoms with van der Waals surface area (Å²) in [7, 11) is 0. The molecule has 0 radical (unpaired) electrons. The van der Waals surface area contributed by atoms with Crippen LogP contribution in [0.4, 0.5) is 0 Å². The Labute approximate surface area is 126 Å². The van der Waals surface area contributed by atoms with Crippen molar-refractivity contribution in [1.29, 1.82) is 0 Å². The number of benzene rings is 1. The number of aromatic nitrogens is 2. The third kappa shape index (κ3) is 3.40. The maximum Gasteiger partial charge on any atom is 0.320 e. The highest BCUT2D eigenvalue weighted by Crippen LogP contribution is 2.32. The molecule has 110 valence electrons. The van der Waals surface area contributed by atoms with Crippen LogP contribution in [0, 0.1) is 5.92 Å². The summed E-state index contributed by atoms with van der Waals surface area (Å²) in [5.41, 5.74) is 0.798. The van der Waals surface area contributed by atoms with Gasteiger partial charge in [-0.05, 0) is 43.0 Å². The number of hydrogen-bond acceptors (Lipinski definition) is 5. The van der Waals surface area contributed by atoms with Gasteiger partial charge in [0.05, 0.1) is 6.54 Å². The van der Waals surface area contributed by atoms with Crippen molar-refractivity contribution in [3.63, 3.8) is 0 Å². The summed E-state index contributed by atoms with van der Waals surface area (Å²) < 4.78 is 5.13. The minimum Gasteiger partial charge on any atom is -0.480 e. The van der Waals surface area contributed by atoms with E-state index in [0.717, 1.165) is 18.4 Å². The maximum atomic E-state index is 11.1. The Balaban J connectivity index is 1.64. The fraction of sp³-hybridized carbons (Fsp3) is 0.357. The minimum atomic E-state index is -0.838. The molecule has 1 heterocycles. The highest BCUT2D eigenvalue weighted by Gasteiger charge is 2.36. The Morgan fingerprint density at radius 3 is 2.76 bits per heavy atom. The van der Waals surface area contributed by atoms with Crippen molar-refractivity contribution in [2.75, 3.05) is 0 Å². The number of carbonyl (C=O) groups is 1. The molecule has 6 nitrogen and oxygen atoms in total. The zero-order valence-corrected chi connectivity index (χ0v) is 11.9. The largest absolute Gasteiger partial charge is 0.480 e. The van der Waals surface area contributed by atoms with Gasteiger partial charge in [0.25, 0.3) is 0 Å². The first-order valence-electron chi connectivity index (χ1n) is 6.68. The summed E-state index contributed by atoms with van der Waals surface area (Å²) in [5, 5.41) is 16.6. The summed E-state index contributed by atoms with van der Waals surface area (Å²) in [6.45, 7) is 0.244. The van der Waals surface area contributed by atoms with Gasteiger partial charge in [0.15, 0.2) is 0 Å². The van der Waals surface area contributed by atoms with Gasteiger partial charge in [0, 0.05) is 10.6 Å². The number of halogens is 1. The molecular weight excluding hydrogens is 294 g/mol. The molecule has 0 aliphatic heterocycles. The van der Waals surface area contributed by atoms with E-state index in [1.807, 2.05) is 0 Å². The molecule has 7 heteroatoms. The van der Waals surface area contributed by atoms with Crippen molar-refractivity contribution in [2.24, 2.45) is 5.92 Å². The van der Waals surface area contributed by atoms with Crippen molar-refractivity contribution < 1.29 is 14.4 Å². The molecule has 21 heavy (non-hydrogen) atoms.